The average molecular weight is 430 g/mol. The summed E-state index contributed by atoms with van der Waals surface area (Å²) >= 11 is 0. The second-order valence-electron chi connectivity index (χ2n) is 8.57. The Hall–Kier alpha value is -2.90. The first kappa shape index (κ1) is 22.8. The number of rotatable bonds is 11. The van der Waals surface area contributed by atoms with Gasteiger partial charge in [0.2, 0.25) is 11.8 Å². The van der Waals surface area contributed by atoms with Gasteiger partial charge in [-0.25, -0.2) is 4.79 Å². The zero-order valence-corrected chi connectivity index (χ0v) is 17.7. The van der Waals surface area contributed by atoms with Crippen LogP contribution in [0.15, 0.2) is 30.3 Å². The molecule has 8 heteroatoms. The maximum atomic E-state index is 13.0. The molecule has 2 aliphatic rings. The number of nitrogens with one attached hydrogen (secondary N) is 2. The van der Waals surface area contributed by atoms with Crippen LogP contribution < -0.4 is 16.4 Å². The third kappa shape index (κ3) is 7.38. The number of carbonyl (C=O) groups excluding carboxylic acids is 4. The SMILES string of the molecule is NC(=O)[C@@H](CC(=O)[C@H](CC1CC1)NC(=O)OCc1ccccc1)C[C@@H]1CCCNC1=O. The van der Waals surface area contributed by atoms with E-state index in [0.717, 1.165) is 24.8 Å². The highest BCUT2D eigenvalue weighted by Crippen LogP contribution is 2.34. The second kappa shape index (κ2) is 10.9. The van der Waals surface area contributed by atoms with Gasteiger partial charge >= 0.3 is 6.09 Å². The molecular formula is C23H31N3O5. The van der Waals surface area contributed by atoms with Crippen LogP contribution in [0.25, 0.3) is 0 Å². The van der Waals surface area contributed by atoms with Gasteiger partial charge in [-0.05, 0) is 37.2 Å². The molecule has 168 valence electrons. The number of alkyl carbamates (subject to hydrolysis) is 1. The van der Waals surface area contributed by atoms with E-state index in [-0.39, 0.29) is 37.1 Å². The van der Waals surface area contributed by atoms with Gasteiger partial charge in [-0.15, -0.1) is 0 Å². The third-order valence-corrected chi connectivity index (χ3v) is 5.98. The molecule has 31 heavy (non-hydrogen) atoms. The van der Waals surface area contributed by atoms with Crippen molar-refractivity contribution < 1.29 is 23.9 Å². The summed E-state index contributed by atoms with van der Waals surface area (Å²) in [5.74, 6) is -1.59. The summed E-state index contributed by atoms with van der Waals surface area (Å²) in [6, 6.07) is 8.55. The lowest BCUT2D eigenvalue weighted by molar-refractivity contribution is -0.131. The van der Waals surface area contributed by atoms with E-state index in [4.69, 9.17) is 10.5 Å². The molecule has 0 aromatic heterocycles. The van der Waals surface area contributed by atoms with Crippen molar-refractivity contribution in [1.82, 2.24) is 10.6 Å². The van der Waals surface area contributed by atoms with E-state index in [9.17, 15) is 19.2 Å². The number of amides is 3. The van der Waals surface area contributed by atoms with Crippen LogP contribution in [0.3, 0.4) is 0 Å². The third-order valence-electron chi connectivity index (χ3n) is 5.98. The Labute approximate surface area is 182 Å². The first-order chi connectivity index (χ1) is 14.9. The summed E-state index contributed by atoms with van der Waals surface area (Å²) in [6.45, 7) is 0.742. The molecule has 1 heterocycles. The summed E-state index contributed by atoms with van der Waals surface area (Å²) in [4.78, 5) is 49.3. The molecule has 0 unspecified atom stereocenters. The molecule has 3 rings (SSSR count). The molecule has 1 aromatic carbocycles. The van der Waals surface area contributed by atoms with Gasteiger partial charge in [0.1, 0.15) is 6.61 Å². The lowest BCUT2D eigenvalue weighted by Crippen LogP contribution is -2.44. The summed E-state index contributed by atoms with van der Waals surface area (Å²) in [5, 5.41) is 5.46. The normalized spacial score (nSPS) is 20.3. The first-order valence-corrected chi connectivity index (χ1v) is 11.0. The molecule has 0 spiro atoms. The topological polar surface area (TPSA) is 128 Å². The van der Waals surface area contributed by atoms with Crippen molar-refractivity contribution in [3.8, 4) is 0 Å². The van der Waals surface area contributed by atoms with Crippen molar-refractivity contribution >= 4 is 23.7 Å². The average Bonchev–Trinajstić information content (AvgIpc) is 3.57. The van der Waals surface area contributed by atoms with Gasteiger partial charge in [0.05, 0.1) is 6.04 Å². The number of ether oxygens (including phenoxy) is 1. The number of carbonyl (C=O) groups is 4. The number of nitrogens with two attached hydrogens (primary N) is 1. The van der Waals surface area contributed by atoms with E-state index in [1.54, 1.807) is 0 Å². The van der Waals surface area contributed by atoms with Crippen molar-refractivity contribution in [1.29, 1.82) is 0 Å². The highest BCUT2D eigenvalue weighted by Gasteiger charge is 2.34. The van der Waals surface area contributed by atoms with Crippen LogP contribution in [0.2, 0.25) is 0 Å². The fraction of sp³-hybridized carbons (Fsp3) is 0.565. The molecule has 1 saturated heterocycles. The Morgan fingerprint density at radius 1 is 1.13 bits per heavy atom. The molecule has 1 aromatic rings. The molecule has 8 nitrogen and oxygen atoms in total. The molecule has 1 aliphatic carbocycles. The Kier molecular flexibility index (Phi) is 8.03. The summed E-state index contributed by atoms with van der Waals surface area (Å²) < 4.78 is 5.25. The Bertz CT molecular complexity index is 794. The quantitative estimate of drug-likeness (QED) is 0.496. The Morgan fingerprint density at radius 2 is 1.87 bits per heavy atom. The summed E-state index contributed by atoms with van der Waals surface area (Å²) in [6.07, 6.45) is 3.59. The number of primary amides is 1. The highest BCUT2D eigenvalue weighted by molar-refractivity contribution is 5.91. The van der Waals surface area contributed by atoms with Gasteiger partial charge in [0, 0.05) is 24.8 Å². The second-order valence-corrected chi connectivity index (χ2v) is 8.57. The molecule has 1 aliphatic heterocycles. The van der Waals surface area contributed by atoms with Crippen molar-refractivity contribution in [3.63, 3.8) is 0 Å². The lowest BCUT2D eigenvalue weighted by Gasteiger charge is -2.25. The zero-order valence-electron chi connectivity index (χ0n) is 17.7. The fourth-order valence-electron chi connectivity index (χ4n) is 3.95. The first-order valence-electron chi connectivity index (χ1n) is 11.0. The highest BCUT2D eigenvalue weighted by atomic mass is 16.5. The molecular weight excluding hydrogens is 398 g/mol. The predicted molar refractivity (Wildman–Crippen MR) is 114 cm³/mol. The molecule has 0 bridgehead atoms. The fourth-order valence-corrected chi connectivity index (χ4v) is 3.95. The largest absolute Gasteiger partial charge is 0.445 e. The molecule has 3 amide bonds. The maximum absolute atomic E-state index is 13.0. The summed E-state index contributed by atoms with van der Waals surface area (Å²) in [7, 11) is 0. The zero-order chi connectivity index (χ0) is 22.2. The van der Waals surface area contributed by atoms with E-state index < -0.39 is 24.0 Å². The standard InChI is InChI=1S/C23H31N3O5/c24-21(28)18(12-17-7-4-10-25-22(17)29)13-20(27)19(11-15-8-9-15)26-23(30)31-14-16-5-2-1-3-6-16/h1-3,5-6,15,17-19H,4,7-14H2,(H2,24,28)(H,25,29)(H,26,30)/t17-,18+,19-/m0/s1. The number of hydrogen-bond donors (Lipinski definition) is 3. The van der Waals surface area contributed by atoms with E-state index in [1.807, 2.05) is 30.3 Å². The minimum atomic E-state index is -0.731. The van der Waals surface area contributed by atoms with Gasteiger partial charge in [-0.2, -0.15) is 0 Å². The van der Waals surface area contributed by atoms with Crippen molar-refractivity contribution in [2.75, 3.05) is 6.54 Å². The van der Waals surface area contributed by atoms with E-state index in [1.165, 1.54) is 0 Å². The lowest BCUT2D eigenvalue weighted by atomic mass is 9.84. The van der Waals surface area contributed by atoms with Crippen molar-refractivity contribution in [3.05, 3.63) is 35.9 Å². The Morgan fingerprint density at radius 3 is 2.52 bits per heavy atom. The van der Waals surface area contributed by atoms with Crippen LogP contribution >= 0.6 is 0 Å². The number of Topliss-reactive ketones (excluding diaryl/α,β-unsaturated/α-hetero) is 1. The van der Waals surface area contributed by atoms with E-state index in [2.05, 4.69) is 10.6 Å². The number of ketones is 1. The molecule has 3 atom stereocenters. The molecule has 0 radical (unpaired) electrons. The van der Waals surface area contributed by atoms with Crippen LogP contribution in [0.5, 0.6) is 0 Å². The van der Waals surface area contributed by atoms with Gasteiger partial charge in [0.25, 0.3) is 0 Å². The predicted octanol–water partition coefficient (Wildman–Crippen LogP) is 2.06. The smallest absolute Gasteiger partial charge is 0.408 e. The number of benzene rings is 1. The monoisotopic (exact) mass is 429 g/mol. The van der Waals surface area contributed by atoms with Crippen molar-refractivity contribution in [2.24, 2.45) is 23.5 Å². The van der Waals surface area contributed by atoms with Gasteiger partial charge in [0.15, 0.2) is 5.78 Å². The van der Waals surface area contributed by atoms with Crippen LogP contribution in [0.4, 0.5) is 4.79 Å². The number of piperidine rings is 1. The summed E-state index contributed by atoms with van der Waals surface area (Å²) in [5.41, 5.74) is 6.39. The minimum Gasteiger partial charge on any atom is -0.445 e. The van der Waals surface area contributed by atoms with Crippen LogP contribution in [0, 0.1) is 17.8 Å². The van der Waals surface area contributed by atoms with Gasteiger partial charge < -0.3 is 21.1 Å². The number of hydrogen-bond acceptors (Lipinski definition) is 5. The van der Waals surface area contributed by atoms with Crippen LogP contribution in [-0.2, 0) is 25.7 Å². The van der Waals surface area contributed by atoms with Gasteiger partial charge in [-0.3, -0.25) is 14.4 Å². The minimum absolute atomic E-state index is 0.0878. The molecule has 2 fully saturated rings. The van der Waals surface area contributed by atoms with E-state index >= 15 is 0 Å². The van der Waals surface area contributed by atoms with Gasteiger partial charge in [-0.1, -0.05) is 43.2 Å². The van der Waals surface area contributed by atoms with Crippen LogP contribution in [0.1, 0.15) is 50.5 Å². The van der Waals surface area contributed by atoms with Crippen molar-refractivity contribution in [2.45, 2.75) is 57.6 Å². The maximum Gasteiger partial charge on any atom is 0.408 e. The molecule has 4 N–H and O–H groups in total. The van der Waals surface area contributed by atoms with E-state index in [0.29, 0.717) is 25.3 Å². The van der Waals surface area contributed by atoms with Crippen LogP contribution in [-0.4, -0.2) is 36.3 Å². The Balaban J connectivity index is 1.56. The molecule has 1 saturated carbocycles.